The summed E-state index contributed by atoms with van der Waals surface area (Å²) in [5, 5.41) is 5.03. The zero-order valence-corrected chi connectivity index (χ0v) is 11.7. The number of carbonyl (C=O) groups is 2. The van der Waals surface area contributed by atoms with Crippen LogP contribution in [0.2, 0.25) is 0 Å². The Hall–Kier alpha value is -2.18. The van der Waals surface area contributed by atoms with E-state index in [-0.39, 0.29) is 24.1 Å². The van der Waals surface area contributed by atoms with E-state index in [0.29, 0.717) is 19.5 Å². The number of benzene rings is 1. The van der Waals surface area contributed by atoms with Crippen molar-refractivity contribution in [3.8, 4) is 0 Å². The van der Waals surface area contributed by atoms with Crippen LogP contribution in [0, 0.1) is 17.6 Å². The normalized spacial score (nSPS) is 17.7. The van der Waals surface area contributed by atoms with Gasteiger partial charge in [-0.1, -0.05) is 0 Å². The zero-order chi connectivity index (χ0) is 15.4. The number of urea groups is 1. The highest BCUT2D eigenvalue weighted by Gasteiger charge is 2.31. The molecule has 114 valence electrons. The molecule has 0 saturated carbocycles. The lowest BCUT2D eigenvalue weighted by molar-refractivity contribution is -0.124. The van der Waals surface area contributed by atoms with Crippen molar-refractivity contribution in [1.29, 1.82) is 0 Å². The lowest BCUT2D eigenvalue weighted by atomic mass is 10.1. The Morgan fingerprint density at radius 2 is 2.14 bits per heavy atom. The number of rotatable bonds is 3. The molecular weight excluding hydrogens is 280 g/mol. The first-order valence-corrected chi connectivity index (χ1v) is 6.80. The molecule has 0 aliphatic carbocycles. The van der Waals surface area contributed by atoms with Crippen LogP contribution in [-0.2, 0) is 4.79 Å². The fourth-order valence-electron chi connectivity index (χ4n) is 2.26. The Bertz CT molecular complexity index is 551. The second-order valence-electron chi connectivity index (χ2n) is 4.88. The molecule has 0 radical (unpaired) electrons. The van der Waals surface area contributed by atoms with Gasteiger partial charge in [0.1, 0.15) is 11.6 Å². The summed E-state index contributed by atoms with van der Waals surface area (Å²) in [6.07, 6.45) is 0.560. The van der Waals surface area contributed by atoms with Crippen LogP contribution in [0.3, 0.4) is 0 Å². The Balaban J connectivity index is 1.96. The maximum Gasteiger partial charge on any atom is 0.321 e. The molecule has 1 aliphatic rings. The smallest absolute Gasteiger partial charge is 0.321 e. The number of nitrogens with zero attached hydrogens (tertiary/aromatic N) is 1. The summed E-state index contributed by atoms with van der Waals surface area (Å²) in [4.78, 5) is 25.1. The standard InChI is InChI=1S/C14H17F2N3O2/c1-2-17-13(20)9-5-6-19(8-9)14(21)18-12-7-10(15)3-4-11(12)16/h3-4,7,9H,2,5-6,8H2,1H3,(H,17,20)(H,18,21). The van der Waals surface area contributed by atoms with Crippen molar-refractivity contribution in [2.45, 2.75) is 13.3 Å². The fraction of sp³-hybridized carbons (Fsp3) is 0.429. The molecule has 1 fully saturated rings. The number of carbonyl (C=O) groups excluding carboxylic acids is 2. The lowest BCUT2D eigenvalue weighted by Crippen LogP contribution is -2.36. The quantitative estimate of drug-likeness (QED) is 0.896. The molecule has 2 rings (SSSR count). The van der Waals surface area contributed by atoms with E-state index in [0.717, 1.165) is 18.2 Å². The van der Waals surface area contributed by atoms with Crippen LogP contribution in [0.25, 0.3) is 0 Å². The third kappa shape index (κ3) is 3.68. The Morgan fingerprint density at radius 1 is 1.38 bits per heavy atom. The largest absolute Gasteiger partial charge is 0.356 e. The van der Waals surface area contributed by atoms with Gasteiger partial charge in [0.15, 0.2) is 0 Å². The van der Waals surface area contributed by atoms with Gasteiger partial charge in [-0.05, 0) is 25.5 Å². The van der Waals surface area contributed by atoms with E-state index in [4.69, 9.17) is 0 Å². The average molecular weight is 297 g/mol. The van der Waals surface area contributed by atoms with E-state index in [1.807, 2.05) is 6.92 Å². The fourth-order valence-corrected chi connectivity index (χ4v) is 2.26. The molecule has 1 atom stereocenters. The molecular formula is C14H17F2N3O2. The second-order valence-corrected chi connectivity index (χ2v) is 4.88. The summed E-state index contributed by atoms with van der Waals surface area (Å²) < 4.78 is 26.5. The highest BCUT2D eigenvalue weighted by atomic mass is 19.1. The molecule has 0 aromatic heterocycles. The molecule has 1 saturated heterocycles. The average Bonchev–Trinajstić information content (AvgIpc) is 2.93. The molecule has 0 bridgehead atoms. The van der Waals surface area contributed by atoms with Crippen LogP contribution >= 0.6 is 0 Å². The van der Waals surface area contributed by atoms with Crippen LogP contribution < -0.4 is 10.6 Å². The highest BCUT2D eigenvalue weighted by Crippen LogP contribution is 2.20. The van der Waals surface area contributed by atoms with Crippen molar-refractivity contribution in [3.05, 3.63) is 29.8 Å². The molecule has 2 N–H and O–H groups in total. The first-order chi connectivity index (χ1) is 10.0. The summed E-state index contributed by atoms with van der Waals surface area (Å²) in [6.45, 7) is 3.04. The topological polar surface area (TPSA) is 61.4 Å². The van der Waals surface area contributed by atoms with Crippen molar-refractivity contribution in [1.82, 2.24) is 10.2 Å². The predicted molar refractivity (Wildman–Crippen MR) is 73.7 cm³/mol. The van der Waals surface area contributed by atoms with E-state index >= 15 is 0 Å². The van der Waals surface area contributed by atoms with Gasteiger partial charge in [0, 0.05) is 25.7 Å². The number of amides is 3. The Labute approximate surface area is 121 Å². The molecule has 21 heavy (non-hydrogen) atoms. The zero-order valence-electron chi connectivity index (χ0n) is 11.7. The van der Waals surface area contributed by atoms with Crippen molar-refractivity contribution < 1.29 is 18.4 Å². The van der Waals surface area contributed by atoms with Crippen LogP contribution in [0.4, 0.5) is 19.3 Å². The van der Waals surface area contributed by atoms with Gasteiger partial charge in [0.05, 0.1) is 11.6 Å². The molecule has 1 heterocycles. The monoisotopic (exact) mass is 297 g/mol. The van der Waals surface area contributed by atoms with Crippen LogP contribution in [0.15, 0.2) is 18.2 Å². The Kier molecular flexibility index (Phi) is 4.72. The van der Waals surface area contributed by atoms with Crippen LogP contribution in [0.1, 0.15) is 13.3 Å². The van der Waals surface area contributed by atoms with Gasteiger partial charge in [-0.2, -0.15) is 0 Å². The first kappa shape index (κ1) is 15.2. The third-order valence-electron chi connectivity index (χ3n) is 3.37. The summed E-state index contributed by atoms with van der Waals surface area (Å²) in [7, 11) is 0. The predicted octanol–water partition coefficient (Wildman–Crippen LogP) is 1.95. The van der Waals surface area contributed by atoms with Crippen LogP contribution in [0.5, 0.6) is 0 Å². The Morgan fingerprint density at radius 3 is 2.86 bits per heavy atom. The summed E-state index contributed by atoms with van der Waals surface area (Å²) >= 11 is 0. The van der Waals surface area contributed by atoms with E-state index in [1.165, 1.54) is 4.90 Å². The van der Waals surface area contributed by atoms with E-state index < -0.39 is 17.7 Å². The summed E-state index contributed by atoms with van der Waals surface area (Å²) in [5.41, 5.74) is -0.207. The number of likely N-dealkylation sites (tertiary alicyclic amines) is 1. The maximum atomic E-state index is 13.5. The molecule has 3 amide bonds. The van der Waals surface area contributed by atoms with Gasteiger partial charge in [0.25, 0.3) is 0 Å². The van der Waals surface area contributed by atoms with Gasteiger partial charge in [0.2, 0.25) is 5.91 Å². The number of hydrogen-bond donors (Lipinski definition) is 2. The maximum absolute atomic E-state index is 13.5. The number of nitrogens with one attached hydrogen (secondary N) is 2. The highest BCUT2D eigenvalue weighted by molar-refractivity contribution is 5.90. The first-order valence-electron chi connectivity index (χ1n) is 6.80. The molecule has 0 spiro atoms. The molecule has 5 nitrogen and oxygen atoms in total. The van der Waals surface area contributed by atoms with E-state index in [9.17, 15) is 18.4 Å². The van der Waals surface area contributed by atoms with Crippen molar-refractivity contribution in [2.75, 3.05) is 25.0 Å². The van der Waals surface area contributed by atoms with Crippen molar-refractivity contribution in [3.63, 3.8) is 0 Å². The minimum absolute atomic E-state index is 0.0928. The third-order valence-corrected chi connectivity index (χ3v) is 3.37. The van der Waals surface area contributed by atoms with Gasteiger partial charge in [-0.15, -0.1) is 0 Å². The van der Waals surface area contributed by atoms with Gasteiger partial charge >= 0.3 is 6.03 Å². The summed E-state index contributed by atoms with van der Waals surface area (Å²) in [6, 6.07) is 2.31. The molecule has 1 aliphatic heterocycles. The minimum Gasteiger partial charge on any atom is -0.356 e. The molecule has 1 aromatic rings. The van der Waals surface area contributed by atoms with Crippen molar-refractivity contribution in [2.24, 2.45) is 5.92 Å². The number of anilines is 1. The summed E-state index contributed by atoms with van der Waals surface area (Å²) in [5.74, 6) is -1.68. The number of halogens is 2. The van der Waals surface area contributed by atoms with Crippen LogP contribution in [-0.4, -0.2) is 36.5 Å². The van der Waals surface area contributed by atoms with Gasteiger partial charge in [-0.25, -0.2) is 13.6 Å². The molecule has 7 heteroatoms. The molecule has 1 aromatic carbocycles. The second kappa shape index (κ2) is 6.51. The van der Waals surface area contributed by atoms with Gasteiger partial charge < -0.3 is 15.5 Å². The van der Waals surface area contributed by atoms with E-state index in [1.54, 1.807) is 0 Å². The van der Waals surface area contributed by atoms with Crippen molar-refractivity contribution >= 4 is 17.6 Å². The van der Waals surface area contributed by atoms with Gasteiger partial charge in [-0.3, -0.25) is 4.79 Å². The minimum atomic E-state index is -0.704. The SMILES string of the molecule is CCNC(=O)C1CCN(C(=O)Nc2cc(F)ccc2F)C1. The van der Waals surface area contributed by atoms with E-state index in [2.05, 4.69) is 10.6 Å². The lowest BCUT2D eigenvalue weighted by Gasteiger charge is -2.17. The number of hydrogen-bond acceptors (Lipinski definition) is 2. The molecule has 1 unspecified atom stereocenters.